The molecule has 24 heavy (non-hydrogen) atoms. The molecule has 0 amide bonds. The Morgan fingerprint density at radius 1 is 1.04 bits per heavy atom. The van der Waals surface area contributed by atoms with E-state index in [2.05, 4.69) is 29.5 Å². The SMILES string of the molecule is CCS(=O)(=O)Nc1ccc(N2CCN(c3ncccn3)CC2)nc1. The largest absolute Gasteiger partial charge is 0.353 e. The molecule has 128 valence electrons. The second-order valence-electron chi connectivity index (χ2n) is 5.43. The van der Waals surface area contributed by atoms with Crippen LogP contribution in [0.15, 0.2) is 36.8 Å². The minimum absolute atomic E-state index is 0.0399. The van der Waals surface area contributed by atoms with Crippen LogP contribution in [0.5, 0.6) is 0 Å². The van der Waals surface area contributed by atoms with E-state index in [4.69, 9.17) is 0 Å². The van der Waals surface area contributed by atoms with Gasteiger partial charge in [-0.05, 0) is 25.1 Å². The molecule has 0 spiro atoms. The molecule has 0 bridgehead atoms. The molecule has 1 aliphatic heterocycles. The van der Waals surface area contributed by atoms with E-state index in [1.165, 1.54) is 0 Å². The molecule has 3 rings (SSSR count). The van der Waals surface area contributed by atoms with Gasteiger partial charge in [0.25, 0.3) is 0 Å². The van der Waals surface area contributed by atoms with Crippen LogP contribution in [-0.2, 0) is 10.0 Å². The van der Waals surface area contributed by atoms with Gasteiger partial charge < -0.3 is 9.80 Å². The van der Waals surface area contributed by atoms with Gasteiger partial charge in [0.2, 0.25) is 16.0 Å². The maximum Gasteiger partial charge on any atom is 0.232 e. The summed E-state index contributed by atoms with van der Waals surface area (Å²) >= 11 is 0. The molecule has 1 N–H and O–H groups in total. The van der Waals surface area contributed by atoms with Crippen molar-refractivity contribution in [2.45, 2.75) is 6.92 Å². The third-order valence-electron chi connectivity index (χ3n) is 3.84. The second kappa shape index (κ2) is 7.00. The fourth-order valence-electron chi connectivity index (χ4n) is 2.48. The molecule has 0 aliphatic carbocycles. The Morgan fingerprint density at radius 2 is 1.71 bits per heavy atom. The number of anilines is 3. The number of nitrogens with zero attached hydrogens (tertiary/aromatic N) is 5. The van der Waals surface area contributed by atoms with E-state index < -0.39 is 10.0 Å². The third kappa shape index (κ3) is 3.91. The molecule has 0 radical (unpaired) electrons. The van der Waals surface area contributed by atoms with Gasteiger partial charge in [0.1, 0.15) is 5.82 Å². The Labute approximate surface area is 141 Å². The average Bonchev–Trinajstić information content (AvgIpc) is 2.63. The van der Waals surface area contributed by atoms with E-state index in [-0.39, 0.29) is 5.75 Å². The first kappa shape index (κ1) is 16.4. The summed E-state index contributed by atoms with van der Waals surface area (Å²) in [5, 5.41) is 0. The molecule has 3 heterocycles. The summed E-state index contributed by atoms with van der Waals surface area (Å²) in [6.45, 7) is 4.85. The standard InChI is InChI=1S/C15H20N6O2S/c1-2-24(22,23)19-13-4-5-14(18-12-13)20-8-10-21(11-9-20)15-16-6-3-7-17-15/h3-7,12,19H,2,8-11H2,1H3. The summed E-state index contributed by atoms with van der Waals surface area (Å²) in [6.07, 6.45) is 5.04. The summed E-state index contributed by atoms with van der Waals surface area (Å²) in [4.78, 5) is 17.2. The van der Waals surface area contributed by atoms with Crippen LogP contribution in [0.2, 0.25) is 0 Å². The van der Waals surface area contributed by atoms with E-state index in [9.17, 15) is 8.42 Å². The smallest absolute Gasteiger partial charge is 0.232 e. The number of rotatable bonds is 5. The fourth-order valence-corrected chi connectivity index (χ4v) is 3.10. The monoisotopic (exact) mass is 348 g/mol. The van der Waals surface area contributed by atoms with Crippen LogP contribution in [0.4, 0.5) is 17.5 Å². The van der Waals surface area contributed by atoms with Gasteiger partial charge in [0.15, 0.2) is 0 Å². The van der Waals surface area contributed by atoms with E-state index in [0.717, 1.165) is 37.9 Å². The van der Waals surface area contributed by atoms with Gasteiger partial charge in [0.05, 0.1) is 17.6 Å². The maximum absolute atomic E-state index is 11.6. The van der Waals surface area contributed by atoms with Gasteiger partial charge in [-0.1, -0.05) is 0 Å². The van der Waals surface area contributed by atoms with Crippen molar-refractivity contribution in [3.05, 3.63) is 36.8 Å². The predicted molar refractivity (Wildman–Crippen MR) is 93.8 cm³/mol. The number of hydrogen-bond donors (Lipinski definition) is 1. The van der Waals surface area contributed by atoms with Gasteiger partial charge in [-0.2, -0.15) is 0 Å². The lowest BCUT2D eigenvalue weighted by Gasteiger charge is -2.35. The first-order valence-electron chi connectivity index (χ1n) is 7.81. The van der Waals surface area contributed by atoms with Crippen molar-refractivity contribution >= 4 is 27.5 Å². The van der Waals surface area contributed by atoms with Crippen molar-refractivity contribution in [1.29, 1.82) is 0 Å². The number of nitrogens with one attached hydrogen (secondary N) is 1. The number of sulfonamides is 1. The third-order valence-corrected chi connectivity index (χ3v) is 5.15. The molecule has 8 nitrogen and oxygen atoms in total. The molecule has 2 aromatic rings. The first-order valence-corrected chi connectivity index (χ1v) is 9.46. The predicted octanol–water partition coefficient (Wildman–Crippen LogP) is 0.960. The van der Waals surface area contributed by atoms with Crippen LogP contribution >= 0.6 is 0 Å². The zero-order valence-corrected chi connectivity index (χ0v) is 14.3. The van der Waals surface area contributed by atoms with Crippen LogP contribution in [0.1, 0.15) is 6.92 Å². The highest BCUT2D eigenvalue weighted by atomic mass is 32.2. The Kier molecular flexibility index (Phi) is 4.79. The van der Waals surface area contributed by atoms with E-state index in [0.29, 0.717) is 5.69 Å². The summed E-state index contributed by atoms with van der Waals surface area (Å²) < 4.78 is 25.6. The molecule has 9 heteroatoms. The second-order valence-corrected chi connectivity index (χ2v) is 7.44. The van der Waals surface area contributed by atoms with Gasteiger partial charge in [-0.3, -0.25) is 4.72 Å². The lowest BCUT2D eigenvalue weighted by atomic mass is 10.3. The first-order chi connectivity index (χ1) is 11.6. The highest BCUT2D eigenvalue weighted by Gasteiger charge is 2.19. The maximum atomic E-state index is 11.6. The quantitative estimate of drug-likeness (QED) is 0.860. The topological polar surface area (TPSA) is 91.3 Å². The van der Waals surface area contributed by atoms with Crippen molar-refractivity contribution in [3.63, 3.8) is 0 Å². The fraction of sp³-hybridized carbons (Fsp3) is 0.400. The van der Waals surface area contributed by atoms with Crippen molar-refractivity contribution in [2.75, 3.05) is 46.5 Å². The lowest BCUT2D eigenvalue weighted by molar-refractivity contribution is 0.602. The minimum Gasteiger partial charge on any atom is -0.353 e. The number of hydrogen-bond acceptors (Lipinski definition) is 7. The average molecular weight is 348 g/mol. The molecule has 0 atom stereocenters. The highest BCUT2D eigenvalue weighted by molar-refractivity contribution is 7.92. The van der Waals surface area contributed by atoms with Gasteiger partial charge in [-0.25, -0.2) is 23.4 Å². The molecule has 2 aromatic heterocycles. The number of piperazine rings is 1. The van der Waals surface area contributed by atoms with Gasteiger partial charge >= 0.3 is 0 Å². The molecule has 1 aliphatic rings. The molecule has 1 saturated heterocycles. The van der Waals surface area contributed by atoms with Crippen molar-refractivity contribution in [1.82, 2.24) is 15.0 Å². The molecule has 0 saturated carbocycles. The Balaban J connectivity index is 1.60. The van der Waals surface area contributed by atoms with Crippen molar-refractivity contribution in [2.24, 2.45) is 0 Å². The Hall–Kier alpha value is -2.42. The summed E-state index contributed by atoms with van der Waals surface area (Å²) in [6, 6.07) is 5.38. The summed E-state index contributed by atoms with van der Waals surface area (Å²) in [7, 11) is -3.27. The number of pyridine rings is 1. The lowest BCUT2D eigenvalue weighted by Crippen LogP contribution is -2.47. The summed E-state index contributed by atoms with van der Waals surface area (Å²) in [5.74, 6) is 1.62. The van der Waals surface area contributed by atoms with Crippen molar-refractivity contribution in [3.8, 4) is 0 Å². The van der Waals surface area contributed by atoms with Crippen LogP contribution in [0, 0.1) is 0 Å². The van der Waals surface area contributed by atoms with Crippen LogP contribution in [0.3, 0.4) is 0 Å². The highest BCUT2D eigenvalue weighted by Crippen LogP contribution is 2.18. The van der Waals surface area contributed by atoms with Crippen LogP contribution in [0.25, 0.3) is 0 Å². The van der Waals surface area contributed by atoms with Crippen LogP contribution in [-0.4, -0.2) is 55.3 Å². The Bertz CT molecular complexity index is 758. The molecular weight excluding hydrogens is 328 g/mol. The molecule has 0 aromatic carbocycles. The normalized spacial score (nSPS) is 15.4. The van der Waals surface area contributed by atoms with E-state index >= 15 is 0 Å². The van der Waals surface area contributed by atoms with Gasteiger partial charge in [0, 0.05) is 38.6 Å². The number of aromatic nitrogens is 3. The molecule has 0 unspecified atom stereocenters. The zero-order valence-electron chi connectivity index (χ0n) is 13.5. The molecule has 1 fully saturated rings. The van der Waals surface area contributed by atoms with Gasteiger partial charge in [-0.15, -0.1) is 0 Å². The van der Waals surface area contributed by atoms with Crippen LogP contribution < -0.4 is 14.5 Å². The molecular formula is C15H20N6O2S. The van der Waals surface area contributed by atoms with Crippen molar-refractivity contribution < 1.29 is 8.42 Å². The minimum atomic E-state index is -3.27. The zero-order chi connectivity index (χ0) is 17.0. The van der Waals surface area contributed by atoms with E-state index in [1.54, 1.807) is 37.6 Å². The Morgan fingerprint density at radius 3 is 2.29 bits per heavy atom. The van der Waals surface area contributed by atoms with E-state index in [1.807, 2.05) is 6.07 Å². The summed E-state index contributed by atoms with van der Waals surface area (Å²) in [5.41, 5.74) is 0.483.